The van der Waals surface area contributed by atoms with E-state index >= 15 is 0 Å². The van der Waals surface area contributed by atoms with E-state index in [9.17, 15) is 9.59 Å². The van der Waals surface area contributed by atoms with Gasteiger partial charge in [0, 0.05) is 38.5 Å². The quantitative estimate of drug-likeness (QED) is 0.662. The number of nitrogens with zero attached hydrogens (tertiary/aromatic N) is 2. The first-order chi connectivity index (χ1) is 16.0. The third-order valence-electron chi connectivity index (χ3n) is 6.33. The van der Waals surface area contributed by atoms with E-state index in [-0.39, 0.29) is 24.7 Å². The molecule has 2 amide bonds. The van der Waals surface area contributed by atoms with E-state index < -0.39 is 0 Å². The van der Waals surface area contributed by atoms with Gasteiger partial charge in [0.25, 0.3) is 0 Å². The predicted octanol–water partition coefficient (Wildman–Crippen LogP) is 3.12. The Morgan fingerprint density at radius 2 is 1.70 bits per heavy atom. The molecule has 0 saturated carbocycles. The van der Waals surface area contributed by atoms with E-state index in [1.807, 2.05) is 23.1 Å². The van der Waals surface area contributed by atoms with Gasteiger partial charge in [0.2, 0.25) is 17.6 Å². The Labute approximate surface area is 194 Å². The Bertz CT molecular complexity index is 1000. The third-order valence-corrected chi connectivity index (χ3v) is 6.33. The Morgan fingerprint density at radius 1 is 1.00 bits per heavy atom. The fraction of sp³-hybridized carbons (Fsp3) is 0.440. The standard InChI is InChI=1S/C25H31N3O5/c1-31-21-13-17(14-22(32-2)25(21)33-3)15-26-23(29)10-11-24(30)28-16-18-7-6-12-27(18)19-8-4-5-9-20(19)28/h4-5,8-9,13-14,18H,6-7,10-12,15-16H2,1-3H3,(H,26,29)/t18-/m1/s1. The number of hydrogen-bond donors (Lipinski definition) is 1. The number of carbonyl (C=O) groups excluding carboxylic acids is 2. The molecule has 0 spiro atoms. The van der Waals surface area contributed by atoms with Crippen LogP contribution in [0.25, 0.3) is 0 Å². The number of ether oxygens (including phenoxy) is 3. The Balaban J connectivity index is 1.35. The molecule has 0 bridgehead atoms. The van der Waals surface area contributed by atoms with Gasteiger partial charge in [0.15, 0.2) is 11.5 Å². The van der Waals surface area contributed by atoms with Crippen molar-refractivity contribution in [3.8, 4) is 17.2 Å². The van der Waals surface area contributed by atoms with Gasteiger partial charge in [0.1, 0.15) is 0 Å². The Kier molecular flexibility index (Phi) is 6.91. The zero-order chi connectivity index (χ0) is 23.4. The van der Waals surface area contributed by atoms with Crippen LogP contribution in [0.1, 0.15) is 31.2 Å². The lowest BCUT2D eigenvalue weighted by atomic mass is 10.1. The smallest absolute Gasteiger partial charge is 0.227 e. The summed E-state index contributed by atoms with van der Waals surface area (Å²) >= 11 is 0. The van der Waals surface area contributed by atoms with E-state index in [1.165, 1.54) is 0 Å². The molecule has 1 N–H and O–H groups in total. The molecule has 33 heavy (non-hydrogen) atoms. The minimum atomic E-state index is -0.176. The topological polar surface area (TPSA) is 80.3 Å². The first-order valence-electron chi connectivity index (χ1n) is 11.3. The molecule has 1 saturated heterocycles. The lowest BCUT2D eigenvalue weighted by Gasteiger charge is -2.40. The fourth-order valence-electron chi connectivity index (χ4n) is 4.71. The van der Waals surface area contributed by atoms with E-state index in [4.69, 9.17) is 14.2 Å². The fourth-order valence-corrected chi connectivity index (χ4v) is 4.71. The van der Waals surface area contributed by atoms with E-state index in [1.54, 1.807) is 33.5 Å². The summed E-state index contributed by atoms with van der Waals surface area (Å²) in [7, 11) is 4.65. The molecule has 0 radical (unpaired) electrons. The molecule has 0 unspecified atom stereocenters. The highest BCUT2D eigenvalue weighted by molar-refractivity contribution is 5.99. The summed E-state index contributed by atoms with van der Waals surface area (Å²) in [4.78, 5) is 29.8. The molecule has 1 atom stereocenters. The van der Waals surface area contributed by atoms with Crippen molar-refractivity contribution in [3.05, 3.63) is 42.0 Å². The second-order valence-electron chi connectivity index (χ2n) is 8.29. The lowest BCUT2D eigenvalue weighted by molar-refractivity contribution is -0.125. The average Bonchev–Trinajstić information content (AvgIpc) is 3.33. The van der Waals surface area contributed by atoms with Gasteiger partial charge in [-0.25, -0.2) is 0 Å². The summed E-state index contributed by atoms with van der Waals surface area (Å²) < 4.78 is 16.0. The monoisotopic (exact) mass is 453 g/mol. The van der Waals surface area contributed by atoms with Crippen LogP contribution >= 0.6 is 0 Å². The van der Waals surface area contributed by atoms with Crippen LogP contribution in [0, 0.1) is 0 Å². The SMILES string of the molecule is COc1cc(CNC(=O)CCC(=O)N2C[C@H]3CCCN3c3ccccc32)cc(OC)c1OC. The molecule has 4 rings (SSSR count). The highest BCUT2D eigenvalue weighted by Crippen LogP contribution is 2.40. The summed E-state index contributed by atoms with van der Waals surface area (Å²) in [6, 6.07) is 12.0. The number of amides is 2. The number of nitrogens with one attached hydrogen (secondary N) is 1. The Hall–Kier alpha value is -3.42. The second kappa shape index (κ2) is 10.0. The molecule has 2 aliphatic heterocycles. The predicted molar refractivity (Wildman–Crippen MR) is 126 cm³/mol. The highest BCUT2D eigenvalue weighted by atomic mass is 16.5. The molecule has 0 aliphatic carbocycles. The van der Waals surface area contributed by atoms with Crippen molar-refractivity contribution in [2.75, 3.05) is 44.2 Å². The molecular formula is C25H31N3O5. The summed E-state index contributed by atoms with van der Waals surface area (Å²) in [5, 5.41) is 2.88. The maximum Gasteiger partial charge on any atom is 0.227 e. The summed E-state index contributed by atoms with van der Waals surface area (Å²) in [6.45, 7) is 2.02. The molecule has 2 aromatic carbocycles. The van der Waals surface area contributed by atoms with E-state index in [0.717, 1.165) is 36.3 Å². The third kappa shape index (κ3) is 4.69. The van der Waals surface area contributed by atoms with Crippen molar-refractivity contribution in [2.45, 2.75) is 38.3 Å². The summed E-state index contributed by atoms with van der Waals surface area (Å²) in [5.41, 5.74) is 2.88. The Morgan fingerprint density at radius 3 is 2.36 bits per heavy atom. The first-order valence-corrected chi connectivity index (χ1v) is 11.3. The van der Waals surface area contributed by atoms with Gasteiger partial charge >= 0.3 is 0 Å². The minimum Gasteiger partial charge on any atom is -0.493 e. The maximum absolute atomic E-state index is 13.0. The number of methoxy groups -OCH3 is 3. The van der Waals surface area contributed by atoms with Crippen LogP contribution in [0.15, 0.2) is 36.4 Å². The maximum atomic E-state index is 13.0. The van der Waals surface area contributed by atoms with Crippen molar-refractivity contribution in [1.29, 1.82) is 0 Å². The van der Waals surface area contributed by atoms with Crippen LogP contribution in [0.5, 0.6) is 17.2 Å². The number of benzene rings is 2. The van der Waals surface area contributed by atoms with Crippen LogP contribution in [0.4, 0.5) is 11.4 Å². The van der Waals surface area contributed by atoms with E-state index in [2.05, 4.69) is 16.3 Å². The first kappa shape index (κ1) is 22.8. The zero-order valence-corrected chi connectivity index (χ0v) is 19.4. The minimum absolute atomic E-state index is 0.0167. The molecule has 176 valence electrons. The van der Waals surface area contributed by atoms with Gasteiger partial charge in [-0.05, 0) is 42.7 Å². The van der Waals surface area contributed by atoms with Gasteiger partial charge < -0.3 is 29.3 Å². The summed E-state index contributed by atoms with van der Waals surface area (Å²) in [5.74, 6) is 1.37. The number of anilines is 2. The van der Waals surface area contributed by atoms with Gasteiger partial charge in [-0.15, -0.1) is 0 Å². The molecular weight excluding hydrogens is 422 g/mol. The molecule has 8 heteroatoms. The van der Waals surface area contributed by atoms with Gasteiger partial charge in [0.05, 0.1) is 32.7 Å². The zero-order valence-electron chi connectivity index (χ0n) is 19.4. The van der Waals surface area contributed by atoms with E-state index in [0.29, 0.717) is 36.4 Å². The molecule has 2 aromatic rings. The number of hydrogen-bond acceptors (Lipinski definition) is 6. The number of carbonyl (C=O) groups is 2. The van der Waals surface area contributed by atoms with Crippen molar-refractivity contribution in [1.82, 2.24) is 5.32 Å². The van der Waals surface area contributed by atoms with Crippen molar-refractivity contribution < 1.29 is 23.8 Å². The molecule has 8 nitrogen and oxygen atoms in total. The lowest BCUT2D eigenvalue weighted by Crippen LogP contribution is -2.48. The number of rotatable bonds is 8. The second-order valence-corrected chi connectivity index (χ2v) is 8.29. The van der Waals surface area contributed by atoms with Crippen LogP contribution < -0.4 is 29.3 Å². The molecule has 2 aliphatic rings. The number of fused-ring (bicyclic) bond motifs is 3. The van der Waals surface area contributed by atoms with Crippen LogP contribution in [-0.2, 0) is 16.1 Å². The average molecular weight is 454 g/mol. The van der Waals surface area contributed by atoms with Crippen molar-refractivity contribution in [2.24, 2.45) is 0 Å². The van der Waals surface area contributed by atoms with Crippen molar-refractivity contribution >= 4 is 23.2 Å². The molecule has 2 heterocycles. The normalized spacial score (nSPS) is 16.6. The molecule has 0 aromatic heterocycles. The van der Waals surface area contributed by atoms with Crippen LogP contribution in [0.2, 0.25) is 0 Å². The molecule has 1 fully saturated rings. The summed E-state index contributed by atoms with van der Waals surface area (Å²) in [6.07, 6.45) is 2.54. The van der Waals surface area contributed by atoms with Gasteiger partial charge in [-0.3, -0.25) is 9.59 Å². The largest absolute Gasteiger partial charge is 0.493 e. The van der Waals surface area contributed by atoms with Crippen LogP contribution in [-0.4, -0.2) is 52.3 Å². The van der Waals surface area contributed by atoms with Gasteiger partial charge in [-0.2, -0.15) is 0 Å². The highest BCUT2D eigenvalue weighted by Gasteiger charge is 2.35. The van der Waals surface area contributed by atoms with Crippen LogP contribution in [0.3, 0.4) is 0 Å². The van der Waals surface area contributed by atoms with Gasteiger partial charge in [-0.1, -0.05) is 12.1 Å². The van der Waals surface area contributed by atoms with Crippen molar-refractivity contribution in [3.63, 3.8) is 0 Å². The number of para-hydroxylation sites is 2.